The highest BCUT2D eigenvalue weighted by molar-refractivity contribution is 6.34. The normalized spacial score (nSPS) is 16.4. The summed E-state index contributed by atoms with van der Waals surface area (Å²) in [5, 5.41) is 3.57. The second kappa shape index (κ2) is 8.01. The van der Waals surface area contributed by atoms with Crippen molar-refractivity contribution in [2.75, 3.05) is 36.4 Å². The molecule has 0 aliphatic carbocycles. The number of nitrogens with zero attached hydrogens (tertiary/aromatic N) is 4. The lowest BCUT2D eigenvalue weighted by molar-refractivity contribution is -0.120. The number of aromatic nitrogens is 2. The van der Waals surface area contributed by atoms with Crippen LogP contribution in [0.15, 0.2) is 30.6 Å². The van der Waals surface area contributed by atoms with Crippen molar-refractivity contribution in [2.24, 2.45) is 0 Å². The Morgan fingerprint density at radius 3 is 2.42 bits per heavy atom. The molecule has 1 saturated heterocycles. The summed E-state index contributed by atoms with van der Waals surface area (Å²) in [4.78, 5) is 25.6. The first-order valence-corrected chi connectivity index (χ1v) is 9.17. The molecule has 3 rings (SSSR count). The molecule has 1 aliphatic heterocycles. The third-order valence-corrected chi connectivity index (χ3v) is 5.05. The van der Waals surface area contributed by atoms with Gasteiger partial charge in [0.05, 0.1) is 16.8 Å². The van der Waals surface area contributed by atoms with Gasteiger partial charge in [-0.2, -0.15) is 0 Å². The fraction of sp³-hybridized carbons (Fsp3) is 0.421. The molecule has 0 saturated carbocycles. The quantitative estimate of drug-likeness (QED) is 0.892. The molecule has 6 nitrogen and oxygen atoms in total. The van der Waals surface area contributed by atoms with Gasteiger partial charge >= 0.3 is 0 Å². The maximum absolute atomic E-state index is 12.7. The molecule has 1 amide bonds. The van der Waals surface area contributed by atoms with Gasteiger partial charge < -0.3 is 10.2 Å². The third-order valence-electron chi connectivity index (χ3n) is 4.76. The van der Waals surface area contributed by atoms with Gasteiger partial charge in [0.1, 0.15) is 0 Å². The van der Waals surface area contributed by atoms with E-state index >= 15 is 0 Å². The summed E-state index contributed by atoms with van der Waals surface area (Å²) in [6.07, 6.45) is 3.50. The largest absolute Gasteiger partial charge is 0.338 e. The number of rotatable bonds is 4. The van der Waals surface area contributed by atoms with Gasteiger partial charge in [0.15, 0.2) is 0 Å². The van der Waals surface area contributed by atoms with Crippen molar-refractivity contribution in [2.45, 2.75) is 26.8 Å². The Bertz CT molecular complexity index is 752. The number of carbonyl (C=O) groups excluding carboxylic acids is 1. The van der Waals surface area contributed by atoms with Gasteiger partial charge in [0, 0.05) is 38.6 Å². The van der Waals surface area contributed by atoms with E-state index in [1.165, 1.54) is 0 Å². The molecule has 138 valence electrons. The van der Waals surface area contributed by atoms with Crippen LogP contribution in [0.3, 0.4) is 0 Å². The molecule has 1 fully saturated rings. The van der Waals surface area contributed by atoms with Crippen molar-refractivity contribution in [1.82, 2.24) is 14.9 Å². The van der Waals surface area contributed by atoms with E-state index in [4.69, 9.17) is 11.6 Å². The molecule has 7 heteroatoms. The first-order valence-electron chi connectivity index (χ1n) is 8.79. The fourth-order valence-corrected chi connectivity index (χ4v) is 3.60. The van der Waals surface area contributed by atoms with Crippen LogP contribution in [0.2, 0.25) is 5.02 Å². The predicted molar refractivity (Wildman–Crippen MR) is 105 cm³/mol. The first kappa shape index (κ1) is 18.6. The molecule has 1 aromatic heterocycles. The molecule has 0 radical (unpaired) electrons. The number of aryl methyl sites for hydroxylation is 2. The standard InChI is InChI=1S/C19H24ClN5O/c1-13-11-14(2)17(16(20)12-13)23-18(26)15(3)24-7-9-25(10-8-24)19-21-5-4-6-22-19/h4-6,11-12,15H,7-10H2,1-3H3,(H,23,26). The molecule has 1 aromatic carbocycles. The number of halogens is 1. The summed E-state index contributed by atoms with van der Waals surface area (Å²) in [5.41, 5.74) is 2.75. The zero-order valence-corrected chi connectivity index (χ0v) is 16.1. The van der Waals surface area contributed by atoms with Crippen LogP contribution in [0.25, 0.3) is 0 Å². The third kappa shape index (κ3) is 4.14. The number of nitrogens with one attached hydrogen (secondary N) is 1. The van der Waals surface area contributed by atoms with Crippen LogP contribution in [-0.2, 0) is 4.79 Å². The van der Waals surface area contributed by atoms with Crippen molar-refractivity contribution in [3.63, 3.8) is 0 Å². The smallest absolute Gasteiger partial charge is 0.241 e. The predicted octanol–water partition coefficient (Wildman–Crippen LogP) is 2.90. The summed E-state index contributed by atoms with van der Waals surface area (Å²) in [5.74, 6) is 0.703. The minimum absolute atomic E-state index is 0.0386. The molecular formula is C19H24ClN5O. The first-order chi connectivity index (χ1) is 12.5. The molecule has 1 N–H and O–H groups in total. The van der Waals surface area contributed by atoms with Crippen molar-refractivity contribution in [1.29, 1.82) is 0 Å². The van der Waals surface area contributed by atoms with E-state index in [2.05, 4.69) is 25.1 Å². The zero-order valence-electron chi connectivity index (χ0n) is 15.4. The number of piperazine rings is 1. The molecule has 1 atom stereocenters. The highest BCUT2D eigenvalue weighted by atomic mass is 35.5. The van der Waals surface area contributed by atoms with E-state index in [1.807, 2.05) is 39.0 Å². The Morgan fingerprint density at radius 1 is 1.15 bits per heavy atom. The summed E-state index contributed by atoms with van der Waals surface area (Å²) in [7, 11) is 0. The van der Waals surface area contributed by atoms with Crippen LogP contribution in [0.5, 0.6) is 0 Å². The van der Waals surface area contributed by atoms with E-state index in [9.17, 15) is 4.79 Å². The number of anilines is 2. The second-order valence-electron chi connectivity index (χ2n) is 6.68. The lowest BCUT2D eigenvalue weighted by atomic mass is 10.1. The molecule has 1 aliphatic rings. The van der Waals surface area contributed by atoms with E-state index in [0.717, 1.165) is 43.3 Å². The summed E-state index contributed by atoms with van der Waals surface area (Å²) < 4.78 is 0. The second-order valence-corrected chi connectivity index (χ2v) is 7.08. The van der Waals surface area contributed by atoms with Gasteiger partial charge in [0.25, 0.3) is 0 Å². The maximum Gasteiger partial charge on any atom is 0.241 e. The Hall–Kier alpha value is -2.18. The molecule has 26 heavy (non-hydrogen) atoms. The average Bonchev–Trinajstić information content (AvgIpc) is 2.64. The summed E-state index contributed by atoms with van der Waals surface area (Å²) in [6.45, 7) is 9.04. The molecule has 0 spiro atoms. The van der Waals surface area contributed by atoms with E-state index in [-0.39, 0.29) is 11.9 Å². The van der Waals surface area contributed by atoms with E-state index < -0.39 is 0 Å². The van der Waals surface area contributed by atoms with E-state index in [0.29, 0.717) is 10.7 Å². The molecule has 1 unspecified atom stereocenters. The number of benzene rings is 1. The van der Waals surface area contributed by atoms with Gasteiger partial charge in [-0.1, -0.05) is 17.7 Å². The minimum Gasteiger partial charge on any atom is -0.338 e. The minimum atomic E-state index is -0.231. The average molecular weight is 374 g/mol. The van der Waals surface area contributed by atoms with Crippen molar-refractivity contribution in [3.05, 3.63) is 46.7 Å². The van der Waals surface area contributed by atoms with Crippen LogP contribution in [0.4, 0.5) is 11.6 Å². The number of hydrogen-bond donors (Lipinski definition) is 1. The maximum atomic E-state index is 12.7. The molecule has 2 heterocycles. The van der Waals surface area contributed by atoms with Gasteiger partial charge in [-0.15, -0.1) is 0 Å². The lowest BCUT2D eigenvalue weighted by Crippen LogP contribution is -2.53. The Kier molecular flexibility index (Phi) is 5.74. The highest BCUT2D eigenvalue weighted by Gasteiger charge is 2.27. The molecular weight excluding hydrogens is 350 g/mol. The molecule has 2 aromatic rings. The lowest BCUT2D eigenvalue weighted by Gasteiger charge is -2.37. The van der Waals surface area contributed by atoms with Crippen molar-refractivity contribution >= 4 is 29.1 Å². The number of carbonyl (C=O) groups is 1. The van der Waals surface area contributed by atoms with Gasteiger partial charge in [-0.05, 0) is 44.0 Å². The Balaban J connectivity index is 1.60. The van der Waals surface area contributed by atoms with E-state index in [1.54, 1.807) is 12.4 Å². The summed E-state index contributed by atoms with van der Waals surface area (Å²) in [6, 6.07) is 5.47. The van der Waals surface area contributed by atoms with Crippen LogP contribution in [-0.4, -0.2) is 53.0 Å². The van der Waals surface area contributed by atoms with Crippen LogP contribution < -0.4 is 10.2 Å². The monoisotopic (exact) mass is 373 g/mol. The SMILES string of the molecule is Cc1cc(C)c(NC(=O)C(C)N2CCN(c3ncccn3)CC2)c(Cl)c1. The number of hydrogen-bond acceptors (Lipinski definition) is 5. The highest BCUT2D eigenvalue weighted by Crippen LogP contribution is 2.27. The number of amides is 1. The van der Waals surface area contributed by atoms with Gasteiger partial charge in [0.2, 0.25) is 11.9 Å². The van der Waals surface area contributed by atoms with Crippen LogP contribution >= 0.6 is 11.6 Å². The zero-order chi connectivity index (χ0) is 18.7. The van der Waals surface area contributed by atoms with Crippen LogP contribution in [0.1, 0.15) is 18.1 Å². The Morgan fingerprint density at radius 2 is 1.81 bits per heavy atom. The van der Waals surface area contributed by atoms with Crippen molar-refractivity contribution in [3.8, 4) is 0 Å². The Labute approximate surface area is 159 Å². The van der Waals surface area contributed by atoms with Crippen LogP contribution in [0, 0.1) is 13.8 Å². The summed E-state index contributed by atoms with van der Waals surface area (Å²) >= 11 is 6.31. The van der Waals surface area contributed by atoms with Crippen molar-refractivity contribution < 1.29 is 4.79 Å². The van der Waals surface area contributed by atoms with Gasteiger partial charge in [-0.3, -0.25) is 9.69 Å². The topological polar surface area (TPSA) is 61.4 Å². The fourth-order valence-electron chi connectivity index (χ4n) is 3.23. The van der Waals surface area contributed by atoms with Gasteiger partial charge in [-0.25, -0.2) is 9.97 Å². The molecule has 0 bridgehead atoms.